The lowest BCUT2D eigenvalue weighted by Gasteiger charge is -2.33. The van der Waals surface area contributed by atoms with Crippen molar-refractivity contribution in [1.29, 1.82) is 0 Å². The van der Waals surface area contributed by atoms with E-state index in [1.165, 1.54) is 0 Å². The van der Waals surface area contributed by atoms with Gasteiger partial charge in [0.1, 0.15) is 0 Å². The van der Waals surface area contributed by atoms with E-state index in [4.69, 9.17) is 9.31 Å². The Morgan fingerprint density at radius 3 is 2.38 bits per heavy atom. The number of hydrogen-bond acceptors (Lipinski definition) is 2. The fourth-order valence-electron chi connectivity index (χ4n) is 1.20. The second-order valence-electron chi connectivity index (χ2n) is 4.19. The zero-order valence-corrected chi connectivity index (χ0v) is 8.67. The van der Waals surface area contributed by atoms with Crippen molar-refractivity contribution < 1.29 is 9.31 Å². The average molecular weight is 180 g/mol. The van der Waals surface area contributed by atoms with Crippen LogP contribution in [0.25, 0.3) is 0 Å². The molecule has 3 heteroatoms. The first-order chi connectivity index (χ1) is 6.05. The minimum Gasteiger partial charge on any atom is -0.407 e. The average Bonchev–Trinajstić information content (AvgIpc) is 2.04. The standard InChI is InChI=1S/C10H17BO2/c1-5-6-9(2)11-12-7-10(3,4)8-13-11/h5-6H,2,7-8H2,1,3-4H3. The summed E-state index contributed by atoms with van der Waals surface area (Å²) in [5.74, 6) is 0. The van der Waals surface area contributed by atoms with Gasteiger partial charge in [0.25, 0.3) is 0 Å². The molecule has 0 aromatic carbocycles. The second kappa shape index (κ2) is 4.12. The first kappa shape index (κ1) is 10.5. The highest BCUT2D eigenvalue weighted by Crippen LogP contribution is 2.23. The predicted octanol–water partition coefficient (Wildman–Crippen LogP) is 2.22. The maximum Gasteiger partial charge on any atom is 0.493 e. The van der Waals surface area contributed by atoms with Crippen LogP contribution in [0.3, 0.4) is 0 Å². The van der Waals surface area contributed by atoms with Crippen LogP contribution >= 0.6 is 0 Å². The molecule has 1 aliphatic rings. The molecule has 72 valence electrons. The molecular weight excluding hydrogens is 163 g/mol. The molecule has 0 unspecified atom stereocenters. The summed E-state index contributed by atoms with van der Waals surface area (Å²) in [7, 11) is -0.246. The van der Waals surface area contributed by atoms with Crippen LogP contribution in [0.1, 0.15) is 20.8 Å². The topological polar surface area (TPSA) is 18.5 Å². The van der Waals surface area contributed by atoms with E-state index in [1.807, 2.05) is 19.1 Å². The van der Waals surface area contributed by atoms with Crippen LogP contribution in [-0.2, 0) is 9.31 Å². The van der Waals surface area contributed by atoms with Gasteiger partial charge in [0.05, 0.1) is 0 Å². The molecule has 0 aliphatic carbocycles. The van der Waals surface area contributed by atoms with Gasteiger partial charge in [0.15, 0.2) is 0 Å². The molecule has 0 atom stereocenters. The van der Waals surface area contributed by atoms with Crippen LogP contribution in [0.4, 0.5) is 0 Å². The number of hydrogen-bond donors (Lipinski definition) is 0. The summed E-state index contributed by atoms with van der Waals surface area (Å²) in [6.45, 7) is 11.5. The van der Waals surface area contributed by atoms with Crippen LogP contribution in [0, 0.1) is 5.41 Å². The molecule has 0 bridgehead atoms. The van der Waals surface area contributed by atoms with Crippen molar-refractivity contribution in [2.45, 2.75) is 20.8 Å². The van der Waals surface area contributed by atoms with Crippen LogP contribution < -0.4 is 0 Å². The molecule has 0 spiro atoms. The van der Waals surface area contributed by atoms with E-state index in [0.29, 0.717) is 0 Å². The van der Waals surface area contributed by atoms with E-state index in [2.05, 4.69) is 20.4 Å². The van der Waals surface area contributed by atoms with Crippen LogP contribution in [0.5, 0.6) is 0 Å². The monoisotopic (exact) mass is 180 g/mol. The Balaban J connectivity index is 2.45. The Hall–Kier alpha value is -0.535. The summed E-state index contributed by atoms with van der Waals surface area (Å²) in [5.41, 5.74) is 1.02. The SMILES string of the molecule is C=C(C=CC)B1OCC(C)(C)CO1. The van der Waals surface area contributed by atoms with E-state index in [9.17, 15) is 0 Å². The minimum atomic E-state index is -0.246. The molecule has 0 N–H and O–H groups in total. The van der Waals surface area contributed by atoms with Gasteiger partial charge in [0, 0.05) is 18.6 Å². The molecule has 0 saturated carbocycles. The zero-order valence-electron chi connectivity index (χ0n) is 8.67. The lowest BCUT2D eigenvalue weighted by Crippen LogP contribution is -2.41. The van der Waals surface area contributed by atoms with Gasteiger partial charge in [-0.25, -0.2) is 0 Å². The maximum absolute atomic E-state index is 5.53. The molecule has 0 aromatic rings. The molecule has 13 heavy (non-hydrogen) atoms. The van der Waals surface area contributed by atoms with Crippen molar-refractivity contribution in [1.82, 2.24) is 0 Å². The largest absolute Gasteiger partial charge is 0.493 e. The van der Waals surface area contributed by atoms with Crippen molar-refractivity contribution in [3.05, 3.63) is 24.2 Å². The fraction of sp³-hybridized carbons (Fsp3) is 0.600. The van der Waals surface area contributed by atoms with E-state index in [0.717, 1.165) is 18.7 Å². The molecular formula is C10H17BO2. The minimum absolute atomic E-state index is 0.132. The van der Waals surface area contributed by atoms with E-state index in [-0.39, 0.29) is 12.5 Å². The Morgan fingerprint density at radius 2 is 1.92 bits per heavy atom. The molecule has 1 saturated heterocycles. The zero-order chi connectivity index (χ0) is 9.90. The van der Waals surface area contributed by atoms with Crippen molar-refractivity contribution in [3.8, 4) is 0 Å². The first-order valence-electron chi connectivity index (χ1n) is 4.60. The third-order valence-corrected chi connectivity index (χ3v) is 1.93. The lowest BCUT2D eigenvalue weighted by atomic mass is 9.76. The van der Waals surface area contributed by atoms with Crippen molar-refractivity contribution in [2.75, 3.05) is 13.2 Å². The van der Waals surface area contributed by atoms with Gasteiger partial charge in [-0.2, -0.15) is 0 Å². The Morgan fingerprint density at radius 1 is 1.38 bits per heavy atom. The van der Waals surface area contributed by atoms with Gasteiger partial charge in [-0.15, -0.1) is 0 Å². The highest BCUT2D eigenvalue weighted by molar-refractivity contribution is 6.54. The number of rotatable bonds is 2. The Kier molecular flexibility index (Phi) is 3.34. The van der Waals surface area contributed by atoms with Crippen LogP contribution in [0.2, 0.25) is 0 Å². The fourth-order valence-corrected chi connectivity index (χ4v) is 1.20. The molecule has 0 radical (unpaired) electrons. The molecule has 2 nitrogen and oxygen atoms in total. The summed E-state index contributed by atoms with van der Waals surface area (Å²) >= 11 is 0. The third kappa shape index (κ3) is 3.01. The van der Waals surface area contributed by atoms with Crippen LogP contribution in [-0.4, -0.2) is 20.3 Å². The summed E-state index contributed by atoms with van der Waals surface area (Å²) in [6.07, 6.45) is 3.86. The van der Waals surface area contributed by atoms with Crippen molar-refractivity contribution in [2.24, 2.45) is 5.41 Å². The van der Waals surface area contributed by atoms with E-state index >= 15 is 0 Å². The predicted molar refractivity (Wildman–Crippen MR) is 55.4 cm³/mol. The molecule has 0 aromatic heterocycles. The van der Waals surface area contributed by atoms with Gasteiger partial charge in [-0.1, -0.05) is 32.6 Å². The quantitative estimate of drug-likeness (QED) is 0.479. The number of allylic oxidation sites excluding steroid dienone is 3. The van der Waals surface area contributed by atoms with Crippen LogP contribution in [0.15, 0.2) is 24.2 Å². The van der Waals surface area contributed by atoms with Gasteiger partial charge >= 0.3 is 7.12 Å². The van der Waals surface area contributed by atoms with Crippen molar-refractivity contribution in [3.63, 3.8) is 0 Å². The normalized spacial score (nSPS) is 22.2. The maximum atomic E-state index is 5.53. The highest BCUT2D eigenvalue weighted by Gasteiger charge is 2.32. The highest BCUT2D eigenvalue weighted by atomic mass is 16.6. The molecule has 1 heterocycles. The summed E-state index contributed by atoms with van der Waals surface area (Å²) in [6, 6.07) is 0. The van der Waals surface area contributed by atoms with Gasteiger partial charge < -0.3 is 9.31 Å². The Bertz CT molecular complexity index is 211. The van der Waals surface area contributed by atoms with Gasteiger partial charge in [0.2, 0.25) is 0 Å². The first-order valence-corrected chi connectivity index (χ1v) is 4.60. The van der Waals surface area contributed by atoms with E-state index in [1.54, 1.807) is 0 Å². The summed E-state index contributed by atoms with van der Waals surface area (Å²) in [4.78, 5) is 0. The lowest BCUT2D eigenvalue weighted by molar-refractivity contribution is 0.0326. The molecule has 1 rings (SSSR count). The molecule has 1 fully saturated rings. The van der Waals surface area contributed by atoms with E-state index < -0.39 is 0 Å². The van der Waals surface area contributed by atoms with Crippen molar-refractivity contribution >= 4 is 7.12 Å². The summed E-state index contributed by atoms with van der Waals surface area (Å²) < 4.78 is 11.1. The van der Waals surface area contributed by atoms with Gasteiger partial charge in [-0.3, -0.25) is 0 Å². The Labute approximate surface area is 80.8 Å². The third-order valence-electron chi connectivity index (χ3n) is 1.93. The smallest absolute Gasteiger partial charge is 0.407 e. The molecule has 1 aliphatic heterocycles. The second-order valence-corrected chi connectivity index (χ2v) is 4.19. The summed E-state index contributed by atoms with van der Waals surface area (Å²) in [5, 5.41) is 0. The van der Waals surface area contributed by atoms with Gasteiger partial charge in [-0.05, 0) is 12.4 Å². The molecule has 0 amide bonds.